The Hall–Kier alpha value is -3.15. The van der Waals surface area contributed by atoms with Crippen molar-refractivity contribution in [3.63, 3.8) is 0 Å². The Labute approximate surface area is 187 Å². The predicted octanol–water partition coefficient (Wildman–Crippen LogP) is 5.43. The summed E-state index contributed by atoms with van der Waals surface area (Å²) in [7, 11) is 1.65. The zero-order valence-corrected chi connectivity index (χ0v) is 18.2. The SMILES string of the molecule is CCOc1cccc(C2C=C(c3ccc(OC)cc3)NC(c3ccc(Cl)cc3)N2)c1O. The van der Waals surface area contributed by atoms with Crippen LogP contribution in [0.3, 0.4) is 0 Å². The van der Waals surface area contributed by atoms with Crippen molar-refractivity contribution in [2.45, 2.75) is 19.1 Å². The molecule has 0 bridgehead atoms. The summed E-state index contributed by atoms with van der Waals surface area (Å²) in [4.78, 5) is 0. The van der Waals surface area contributed by atoms with Crippen LogP contribution in [0.15, 0.2) is 72.8 Å². The van der Waals surface area contributed by atoms with Gasteiger partial charge in [-0.1, -0.05) is 35.9 Å². The van der Waals surface area contributed by atoms with Gasteiger partial charge in [-0.2, -0.15) is 0 Å². The summed E-state index contributed by atoms with van der Waals surface area (Å²) in [6.07, 6.45) is 1.89. The second-order valence-electron chi connectivity index (χ2n) is 7.21. The fourth-order valence-electron chi connectivity index (χ4n) is 3.67. The number of para-hydroxylation sites is 1. The molecule has 0 saturated heterocycles. The highest BCUT2D eigenvalue weighted by atomic mass is 35.5. The van der Waals surface area contributed by atoms with E-state index in [4.69, 9.17) is 21.1 Å². The molecule has 0 saturated carbocycles. The lowest BCUT2D eigenvalue weighted by Crippen LogP contribution is -2.39. The van der Waals surface area contributed by atoms with Crippen LogP contribution in [-0.2, 0) is 0 Å². The van der Waals surface area contributed by atoms with Crippen molar-refractivity contribution in [1.82, 2.24) is 10.6 Å². The van der Waals surface area contributed by atoms with Gasteiger partial charge < -0.3 is 19.9 Å². The summed E-state index contributed by atoms with van der Waals surface area (Å²) in [6.45, 7) is 2.38. The second kappa shape index (κ2) is 9.33. The van der Waals surface area contributed by atoms with Crippen LogP contribution >= 0.6 is 11.6 Å². The summed E-state index contributed by atoms with van der Waals surface area (Å²) in [6, 6.07) is 20.9. The molecule has 1 heterocycles. The average Bonchev–Trinajstić information content (AvgIpc) is 2.81. The third kappa shape index (κ3) is 4.63. The number of methoxy groups -OCH3 is 1. The van der Waals surface area contributed by atoms with Crippen LogP contribution in [0.25, 0.3) is 5.70 Å². The van der Waals surface area contributed by atoms with E-state index in [1.54, 1.807) is 13.2 Å². The summed E-state index contributed by atoms with van der Waals surface area (Å²) in [5, 5.41) is 18.6. The number of nitrogens with one attached hydrogen (secondary N) is 2. The standard InChI is InChI=1S/C25H25ClN2O3/c1-3-31-23-6-4-5-20(24(23)29)22-15-21(16-9-13-19(30-2)14-10-16)27-25(28-22)17-7-11-18(26)12-8-17/h4-15,22,25,27-29H,3H2,1-2H3. The van der Waals surface area contributed by atoms with Crippen LogP contribution < -0.4 is 20.1 Å². The maximum Gasteiger partial charge on any atom is 0.162 e. The number of rotatable bonds is 6. The number of hydrogen-bond acceptors (Lipinski definition) is 5. The molecule has 1 aliphatic rings. The molecule has 3 aromatic rings. The lowest BCUT2D eigenvalue weighted by atomic mass is 9.97. The van der Waals surface area contributed by atoms with E-state index in [0.717, 1.165) is 28.1 Å². The molecule has 6 heteroatoms. The lowest BCUT2D eigenvalue weighted by Gasteiger charge is -2.33. The molecule has 0 amide bonds. The maximum atomic E-state index is 10.8. The number of ether oxygens (including phenoxy) is 2. The molecule has 5 nitrogen and oxygen atoms in total. The van der Waals surface area contributed by atoms with E-state index in [-0.39, 0.29) is 18.0 Å². The van der Waals surface area contributed by atoms with Gasteiger partial charge in [0.1, 0.15) is 11.9 Å². The molecular weight excluding hydrogens is 412 g/mol. The van der Waals surface area contributed by atoms with Crippen molar-refractivity contribution in [1.29, 1.82) is 0 Å². The topological polar surface area (TPSA) is 62.8 Å². The molecule has 2 atom stereocenters. The van der Waals surface area contributed by atoms with Gasteiger partial charge in [-0.3, -0.25) is 5.32 Å². The normalized spacial score (nSPS) is 18.1. The van der Waals surface area contributed by atoms with E-state index < -0.39 is 0 Å². The monoisotopic (exact) mass is 436 g/mol. The zero-order valence-electron chi connectivity index (χ0n) is 17.4. The van der Waals surface area contributed by atoms with Crippen molar-refractivity contribution in [3.8, 4) is 17.2 Å². The Balaban J connectivity index is 1.75. The van der Waals surface area contributed by atoms with Gasteiger partial charge in [0.2, 0.25) is 0 Å². The second-order valence-corrected chi connectivity index (χ2v) is 7.65. The molecule has 1 aliphatic heterocycles. The molecule has 160 valence electrons. The maximum absolute atomic E-state index is 10.8. The molecule has 3 N–H and O–H groups in total. The summed E-state index contributed by atoms with van der Waals surface area (Å²) in [5.74, 6) is 1.41. The molecule has 2 unspecified atom stereocenters. The van der Waals surface area contributed by atoms with Gasteiger partial charge >= 0.3 is 0 Å². The number of phenolic OH excluding ortho intramolecular Hbond substituents is 1. The van der Waals surface area contributed by atoms with E-state index in [1.165, 1.54) is 0 Å². The van der Waals surface area contributed by atoms with E-state index >= 15 is 0 Å². The van der Waals surface area contributed by atoms with Gasteiger partial charge in [0.25, 0.3) is 0 Å². The average molecular weight is 437 g/mol. The minimum absolute atomic E-state index is 0.143. The van der Waals surface area contributed by atoms with Crippen LogP contribution in [0.1, 0.15) is 35.8 Å². The van der Waals surface area contributed by atoms with Crippen LogP contribution in [0.4, 0.5) is 0 Å². The molecule has 0 aliphatic carbocycles. The third-order valence-corrected chi connectivity index (χ3v) is 5.50. The predicted molar refractivity (Wildman–Crippen MR) is 123 cm³/mol. The lowest BCUT2D eigenvalue weighted by molar-refractivity contribution is 0.314. The van der Waals surface area contributed by atoms with Crippen LogP contribution in [0.5, 0.6) is 17.2 Å². The molecule has 3 aromatic carbocycles. The molecule has 0 fully saturated rings. The Morgan fingerprint density at radius 3 is 2.42 bits per heavy atom. The third-order valence-electron chi connectivity index (χ3n) is 5.25. The Bertz CT molecular complexity index is 1070. The number of benzene rings is 3. The molecule has 0 aromatic heterocycles. The highest BCUT2D eigenvalue weighted by molar-refractivity contribution is 6.30. The van der Waals surface area contributed by atoms with Crippen molar-refractivity contribution in [2.75, 3.05) is 13.7 Å². The van der Waals surface area contributed by atoms with Crippen molar-refractivity contribution in [3.05, 3.63) is 94.5 Å². The first-order valence-electron chi connectivity index (χ1n) is 10.2. The summed E-state index contributed by atoms with van der Waals surface area (Å²) >= 11 is 6.09. The van der Waals surface area contributed by atoms with E-state index in [2.05, 4.69) is 16.7 Å². The summed E-state index contributed by atoms with van der Waals surface area (Å²) < 4.78 is 10.9. The first kappa shape index (κ1) is 21.1. The highest BCUT2D eigenvalue weighted by Crippen LogP contribution is 2.38. The summed E-state index contributed by atoms with van der Waals surface area (Å²) in [5.41, 5.74) is 3.76. The van der Waals surface area contributed by atoms with Gasteiger partial charge in [0, 0.05) is 16.3 Å². The van der Waals surface area contributed by atoms with E-state index in [0.29, 0.717) is 17.4 Å². The Morgan fingerprint density at radius 1 is 1.00 bits per heavy atom. The van der Waals surface area contributed by atoms with E-state index in [1.807, 2.05) is 67.6 Å². The molecule has 31 heavy (non-hydrogen) atoms. The van der Waals surface area contributed by atoms with Crippen LogP contribution in [0, 0.1) is 0 Å². The van der Waals surface area contributed by atoms with Crippen molar-refractivity contribution >= 4 is 17.3 Å². The van der Waals surface area contributed by atoms with Crippen LogP contribution in [-0.4, -0.2) is 18.8 Å². The fraction of sp³-hybridized carbons (Fsp3) is 0.200. The fourth-order valence-corrected chi connectivity index (χ4v) is 3.79. The molecule has 0 radical (unpaired) electrons. The minimum atomic E-state index is -0.237. The van der Waals surface area contributed by atoms with Crippen molar-refractivity contribution in [2.24, 2.45) is 0 Å². The largest absolute Gasteiger partial charge is 0.504 e. The van der Waals surface area contributed by atoms with Crippen LogP contribution in [0.2, 0.25) is 5.02 Å². The smallest absolute Gasteiger partial charge is 0.162 e. The first-order valence-corrected chi connectivity index (χ1v) is 10.6. The highest BCUT2D eigenvalue weighted by Gasteiger charge is 2.26. The number of aromatic hydroxyl groups is 1. The van der Waals surface area contributed by atoms with Gasteiger partial charge in [-0.25, -0.2) is 0 Å². The first-order chi connectivity index (χ1) is 15.1. The van der Waals surface area contributed by atoms with Gasteiger partial charge in [0.15, 0.2) is 11.5 Å². The van der Waals surface area contributed by atoms with Gasteiger partial charge in [-0.15, -0.1) is 0 Å². The zero-order chi connectivity index (χ0) is 21.8. The minimum Gasteiger partial charge on any atom is -0.504 e. The Morgan fingerprint density at radius 2 is 1.74 bits per heavy atom. The molecule has 0 spiro atoms. The van der Waals surface area contributed by atoms with Gasteiger partial charge in [0.05, 0.1) is 19.8 Å². The quantitative estimate of drug-likeness (QED) is 0.481. The number of halogens is 1. The number of hydrogen-bond donors (Lipinski definition) is 3. The Kier molecular flexibility index (Phi) is 6.35. The van der Waals surface area contributed by atoms with Gasteiger partial charge in [-0.05, 0) is 66.6 Å². The van der Waals surface area contributed by atoms with E-state index in [9.17, 15) is 5.11 Å². The number of phenols is 1. The van der Waals surface area contributed by atoms with Crippen molar-refractivity contribution < 1.29 is 14.6 Å². The molecular formula is C25H25ClN2O3. The molecule has 4 rings (SSSR count).